The second-order valence-electron chi connectivity index (χ2n) is 6.74. The van der Waals surface area contributed by atoms with Crippen molar-refractivity contribution in [3.8, 4) is 0 Å². The van der Waals surface area contributed by atoms with Crippen LogP contribution in [-0.2, 0) is 25.5 Å². The van der Waals surface area contributed by atoms with E-state index in [4.69, 9.17) is 9.47 Å². The van der Waals surface area contributed by atoms with Crippen LogP contribution in [0.1, 0.15) is 69.2 Å². The Morgan fingerprint density at radius 2 is 1.93 bits per heavy atom. The molecule has 1 atom stereocenters. The summed E-state index contributed by atoms with van der Waals surface area (Å²) >= 11 is 0. The second-order valence-corrected chi connectivity index (χ2v) is 6.74. The van der Waals surface area contributed by atoms with Gasteiger partial charge in [-0.15, -0.1) is 0 Å². The first-order valence-electron chi connectivity index (χ1n) is 9.58. The van der Waals surface area contributed by atoms with Crippen LogP contribution in [0.25, 0.3) is 0 Å². The molecule has 0 radical (unpaired) electrons. The van der Waals surface area contributed by atoms with E-state index >= 15 is 0 Å². The molecule has 1 aliphatic rings. The van der Waals surface area contributed by atoms with E-state index < -0.39 is 18.0 Å². The fraction of sp³-hybridized carbons (Fsp3) is 0.684. The number of hydrogen-bond donors (Lipinski definition) is 0. The van der Waals surface area contributed by atoms with Crippen LogP contribution < -0.4 is 0 Å². The van der Waals surface area contributed by atoms with Crippen molar-refractivity contribution in [3.05, 3.63) is 17.5 Å². The maximum absolute atomic E-state index is 12.4. The number of likely N-dealkylation sites (tertiary alicyclic amines) is 1. The Morgan fingerprint density at radius 1 is 1.26 bits per heavy atom. The molecule has 0 bridgehead atoms. The number of hydrogen-bond acceptors (Lipinski definition) is 6. The third-order valence-electron chi connectivity index (χ3n) is 4.62. The lowest BCUT2D eigenvalue weighted by atomic mass is 10.0. The summed E-state index contributed by atoms with van der Waals surface area (Å²) in [5.74, 6) is -1.04. The Labute approximate surface area is 159 Å². The molecule has 0 spiro atoms. The Bertz CT molecular complexity index is 677. The molecule has 1 amide bonds. The number of rotatable bonds is 7. The topological polar surface area (TPSA) is 90.7 Å². The van der Waals surface area contributed by atoms with Gasteiger partial charge in [-0.3, -0.25) is 14.3 Å². The summed E-state index contributed by atoms with van der Waals surface area (Å²) in [7, 11) is 0. The Kier molecular flexibility index (Phi) is 7.38. The van der Waals surface area contributed by atoms with Gasteiger partial charge in [0.25, 0.3) is 5.91 Å². The molecule has 27 heavy (non-hydrogen) atoms. The molecule has 0 saturated carbocycles. The summed E-state index contributed by atoms with van der Waals surface area (Å²) < 4.78 is 12.0. The van der Waals surface area contributed by atoms with E-state index in [-0.39, 0.29) is 11.9 Å². The van der Waals surface area contributed by atoms with Gasteiger partial charge in [-0.25, -0.2) is 4.79 Å². The van der Waals surface area contributed by atoms with Gasteiger partial charge in [0.1, 0.15) is 0 Å². The molecule has 1 aromatic rings. The van der Waals surface area contributed by atoms with Crippen molar-refractivity contribution in [2.75, 3.05) is 19.7 Å². The highest BCUT2D eigenvalue weighted by Crippen LogP contribution is 2.25. The third-order valence-corrected chi connectivity index (χ3v) is 4.62. The molecule has 1 aliphatic heterocycles. The molecule has 0 aromatic carbocycles. The van der Waals surface area contributed by atoms with Crippen molar-refractivity contribution in [2.24, 2.45) is 0 Å². The normalized spacial score (nSPS) is 16.1. The van der Waals surface area contributed by atoms with Crippen LogP contribution in [0.4, 0.5) is 0 Å². The van der Waals surface area contributed by atoms with Crippen LogP contribution in [-0.4, -0.2) is 58.3 Å². The molecule has 2 heterocycles. The van der Waals surface area contributed by atoms with Crippen molar-refractivity contribution >= 4 is 17.8 Å². The quantitative estimate of drug-likeness (QED) is 0.674. The lowest BCUT2D eigenvalue weighted by Gasteiger charge is -2.34. The standard InChI is InChI=1S/C19H29N3O5/c1-5-7-16-12-17(19(25)26-6-2)20-22(16)15-8-10-21(11-9-15)18(24)13(3)27-14(4)23/h12-13,15H,5-11H2,1-4H3/t13-/m0/s1. The first kappa shape index (κ1) is 20.9. The number of aryl methyl sites for hydroxylation is 1. The highest BCUT2D eigenvalue weighted by atomic mass is 16.5. The Hall–Kier alpha value is -2.38. The van der Waals surface area contributed by atoms with E-state index in [1.165, 1.54) is 6.92 Å². The summed E-state index contributed by atoms with van der Waals surface area (Å²) in [6, 6.07) is 1.93. The minimum atomic E-state index is -0.769. The number of ether oxygens (including phenoxy) is 2. The van der Waals surface area contributed by atoms with Crippen LogP contribution in [0.15, 0.2) is 6.07 Å². The molecule has 0 N–H and O–H groups in total. The number of piperidine rings is 1. The number of esters is 2. The summed E-state index contributed by atoms with van der Waals surface area (Å²) in [5.41, 5.74) is 1.35. The molecular weight excluding hydrogens is 350 g/mol. The van der Waals surface area contributed by atoms with E-state index in [9.17, 15) is 14.4 Å². The molecule has 2 rings (SSSR count). The predicted octanol–water partition coefficient (Wildman–Crippen LogP) is 2.13. The lowest BCUT2D eigenvalue weighted by Crippen LogP contribution is -2.44. The average molecular weight is 379 g/mol. The molecule has 150 valence electrons. The summed E-state index contributed by atoms with van der Waals surface area (Å²) in [6.07, 6.45) is 2.48. The molecule has 8 heteroatoms. The van der Waals surface area contributed by atoms with Crippen molar-refractivity contribution in [2.45, 2.75) is 65.5 Å². The average Bonchev–Trinajstić information content (AvgIpc) is 3.05. The first-order chi connectivity index (χ1) is 12.9. The summed E-state index contributed by atoms with van der Waals surface area (Å²) in [6.45, 7) is 8.18. The van der Waals surface area contributed by atoms with Gasteiger partial charge >= 0.3 is 11.9 Å². The molecule has 0 aliphatic carbocycles. The highest BCUT2D eigenvalue weighted by Gasteiger charge is 2.29. The van der Waals surface area contributed by atoms with Crippen molar-refractivity contribution in [1.82, 2.24) is 14.7 Å². The predicted molar refractivity (Wildman–Crippen MR) is 98.3 cm³/mol. The number of nitrogens with zero attached hydrogens (tertiary/aromatic N) is 3. The second kappa shape index (κ2) is 9.53. The maximum atomic E-state index is 12.4. The van der Waals surface area contributed by atoms with E-state index in [0.717, 1.165) is 31.4 Å². The van der Waals surface area contributed by atoms with E-state index in [2.05, 4.69) is 12.0 Å². The van der Waals surface area contributed by atoms with Crippen molar-refractivity contribution in [3.63, 3.8) is 0 Å². The largest absolute Gasteiger partial charge is 0.461 e. The lowest BCUT2D eigenvalue weighted by molar-refractivity contribution is -0.158. The van der Waals surface area contributed by atoms with E-state index in [0.29, 0.717) is 25.4 Å². The molecular formula is C19H29N3O5. The molecule has 8 nitrogen and oxygen atoms in total. The first-order valence-corrected chi connectivity index (χ1v) is 9.58. The van der Waals surface area contributed by atoms with Crippen LogP contribution in [0, 0.1) is 0 Å². The van der Waals surface area contributed by atoms with Gasteiger partial charge in [-0.05, 0) is 39.2 Å². The minimum Gasteiger partial charge on any atom is -0.461 e. The Balaban J connectivity index is 2.05. The Morgan fingerprint density at radius 3 is 2.48 bits per heavy atom. The number of carbonyl (C=O) groups is 3. The molecule has 1 aromatic heterocycles. The van der Waals surface area contributed by atoms with Crippen LogP contribution >= 0.6 is 0 Å². The fourth-order valence-electron chi connectivity index (χ4n) is 3.38. The zero-order valence-electron chi connectivity index (χ0n) is 16.6. The van der Waals surface area contributed by atoms with Gasteiger partial charge in [0.15, 0.2) is 11.8 Å². The van der Waals surface area contributed by atoms with Crippen LogP contribution in [0.3, 0.4) is 0 Å². The van der Waals surface area contributed by atoms with Gasteiger partial charge < -0.3 is 14.4 Å². The monoisotopic (exact) mass is 379 g/mol. The van der Waals surface area contributed by atoms with Crippen molar-refractivity contribution < 1.29 is 23.9 Å². The highest BCUT2D eigenvalue weighted by molar-refractivity contribution is 5.87. The third kappa shape index (κ3) is 5.30. The SMILES string of the molecule is CCCc1cc(C(=O)OCC)nn1C1CCN(C(=O)[C@H](C)OC(C)=O)CC1. The summed E-state index contributed by atoms with van der Waals surface area (Å²) in [4.78, 5) is 37.1. The molecule has 0 unspecified atom stereocenters. The van der Waals surface area contributed by atoms with Crippen LogP contribution in [0.5, 0.6) is 0 Å². The number of amides is 1. The number of carbonyl (C=O) groups excluding carboxylic acids is 3. The fourth-order valence-corrected chi connectivity index (χ4v) is 3.38. The smallest absolute Gasteiger partial charge is 0.358 e. The van der Waals surface area contributed by atoms with Gasteiger partial charge in [0, 0.05) is 25.7 Å². The summed E-state index contributed by atoms with van der Waals surface area (Å²) in [5, 5.41) is 4.48. The van der Waals surface area contributed by atoms with Gasteiger partial charge in [0.2, 0.25) is 0 Å². The van der Waals surface area contributed by atoms with Crippen molar-refractivity contribution in [1.29, 1.82) is 0 Å². The van der Waals surface area contributed by atoms with Crippen LogP contribution in [0.2, 0.25) is 0 Å². The zero-order chi connectivity index (χ0) is 20.0. The van der Waals surface area contributed by atoms with Gasteiger partial charge in [-0.1, -0.05) is 13.3 Å². The minimum absolute atomic E-state index is 0.128. The van der Waals surface area contributed by atoms with E-state index in [1.54, 1.807) is 18.7 Å². The van der Waals surface area contributed by atoms with Gasteiger partial charge in [0.05, 0.1) is 12.6 Å². The molecule has 1 saturated heterocycles. The maximum Gasteiger partial charge on any atom is 0.358 e. The van der Waals surface area contributed by atoms with E-state index in [1.807, 2.05) is 10.7 Å². The zero-order valence-corrected chi connectivity index (χ0v) is 16.6. The molecule has 1 fully saturated rings. The number of aromatic nitrogens is 2. The van der Waals surface area contributed by atoms with Gasteiger partial charge in [-0.2, -0.15) is 5.10 Å².